The zero-order chi connectivity index (χ0) is 19.7. The van der Waals surface area contributed by atoms with E-state index in [4.69, 9.17) is 0 Å². The van der Waals surface area contributed by atoms with Gasteiger partial charge in [-0.05, 0) is 56.2 Å². The van der Waals surface area contributed by atoms with Crippen LogP contribution in [-0.2, 0) is 13.0 Å². The van der Waals surface area contributed by atoms with Crippen molar-refractivity contribution in [3.63, 3.8) is 0 Å². The highest BCUT2D eigenvalue weighted by Crippen LogP contribution is 2.31. The lowest BCUT2D eigenvalue weighted by molar-refractivity contribution is 0.103. The minimum absolute atomic E-state index is 0.0345. The number of aromatic nitrogens is 2. The molecule has 0 radical (unpaired) electrons. The van der Waals surface area contributed by atoms with Gasteiger partial charge in [-0.3, -0.25) is 14.8 Å². The van der Waals surface area contributed by atoms with Crippen molar-refractivity contribution in [2.45, 2.75) is 33.7 Å². The fourth-order valence-electron chi connectivity index (χ4n) is 3.53. The number of anilines is 1. The molecule has 3 heterocycles. The SMILES string of the molecule is Cc1cccc(CN2C=C(C(=O)c3cnc(C)c(C)c3)Cc3ccccc32)n1. The number of ketones is 1. The molecule has 4 nitrogen and oxygen atoms in total. The number of carbonyl (C=O) groups excluding carboxylic acids is 1. The van der Waals surface area contributed by atoms with E-state index in [-0.39, 0.29) is 5.78 Å². The second-order valence-corrected chi connectivity index (χ2v) is 7.31. The zero-order valence-corrected chi connectivity index (χ0v) is 16.4. The van der Waals surface area contributed by atoms with E-state index in [0.29, 0.717) is 18.5 Å². The molecule has 0 N–H and O–H groups in total. The van der Waals surface area contributed by atoms with Crippen molar-refractivity contribution in [2.24, 2.45) is 0 Å². The van der Waals surface area contributed by atoms with Crippen LogP contribution in [0.25, 0.3) is 0 Å². The minimum Gasteiger partial charge on any atom is -0.341 e. The van der Waals surface area contributed by atoms with E-state index in [0.717, 1.165) is 39.5 Å². The molecule has 2 aromatic heterocycles. The number of benzene rings is 1. The molecule has 0 atom stereocenters. The van der Waals surface area contributed by atoms with E-state index in [9.17, 15) is 4.79 Å². The lowest BCUT2D eigenvalue weighted by atomic mass is 9.93. The van der Waals surface area contributed by atoms with Gasteiger partial charge in [0.2, 0.25) is 0 Å². The normalized spacial score (nSPS) is 13.1. The van der Waals surface area contributed by atoms with Gasteiger partial charge in [-0.2, -0.15) is 0 Å². The van der Waals surface area contributed by atoms with Gasteiger partial charge in [0.15, 0.2) is 5.78 Å². The Morgan fingerprint density at radius 1 is 1.07 bits per heavy atom. The Hall–Kier alpha value is -3.27. The van der Waals surface area contributed by atoms with E-state index in [1.165, 1.54) is 0 Å². The molecule has 0 bridgehead atoms. The van der Waals surface area contributed by atoms with E-state index >= 15 is 0 Å². The molecule has 0 unspecified atom stereocenters. The monoisotopic (exact) mass is 369 g/mol. The summed E-state index contributed by atoms with van der Waals surface area (Å²) in [5.74, 6) is 0.0345. The highest BCUT2D eigenvalue weighted by atomic mass is 16.1. The Labute approximate surface area is 165 Å². The van der Waals surface area contributed by atoms with Crippen molar-refractivity contribution >= 4 is 11.5 Å². The van der Waals surface area contributed by atoms with Crippen molar-refractivity contribution in [1.29, 1.82) is 0 Å². The summed E-state index contributed by atoms with van der Waals surface area (Å²) in [6.45, 7) is 6.56. The Kier molecular flexibility index (Phi) is 4.78. The van der Waals surface area contributed by atoms with Crippen LogP contribution >= 0.6 is 0 Å². The Morgan fingerprint density at radius 2 is 1.89 bits per heavy atom. The molecular weight excluding hydrogens is 346 g/mol. The zero-order valence-electron chi connectivity index (χ0n) is 16.4. The molecule has 0 fully saturated rings. The van der Waals surface area contributed by atoms with Crippen molar-refractivity contribution in [3.8, 4) is 0 Å². The fourth-order valence-corrected chi connectivity index (χ4v) is 3.53. The Balaban J connectivity index is 1.70. The van der Waals surface area contributed by atoms with E-state index in [1.54, 1.807) is 6.20 Å². The predicted molar refractivity (Wildman–Crippen MR) is 111 cm³/mol. The Morgan fingerprint density at radius 3 is 2.68 bits per heavy atom. The molecule has 0 aliphatic carbocycles. The first-order valence-corrected chi connectivity index (χ1v) is 9.47. The van der Waals surface area contributed by atoms with Gasteiger partial charge in [-0.15, -0.1) is 0 Å². The number of para-hydroxylation sites is 1. The second-order valence-electron chi connectivity index (χ2n) is 7.31. The van der Waals surface area contributed by atoms with Crippen LogP contribution in [0.4, 0.5) is 5.69 Å². The maximum absolute atomic E-state index is 13.2. The minimum atomic E-state index is 0.0345. The summed E-state index contributed by atoms with van der Waals surface area (Å²) in [5.41, 5.74) is 7.64. The summed E-state index contributed by atoms with van der Waals surface area (Å²) in [7, 11) is 0. The smallest absolute Gasteiger partial charge is 0.192 e. The van der Waals surface area contributed by atoms with Crippen molar-refractivity contribution in [1.82, 2.24) is 9.97 Å². The average molecular weight is 369 g/mol. The first-order chi connectivity index (χ1) is 13.5. The molecular formula is C24H23N3O. The number of pyridine rings is 2. The number of rotatable bonds is 4. The van der Waals surface area contributed by atoms with E-state index < -0.39 is 0 Å². The lowest BCUT2D eigenvalue weighted by Crippen LogP contribution is -2.25. The number of hydrogen-bond donors (Lipinski definition) is 0. The fraction of sp³-hybridized carbons (Fsp3) is 0.208. The molecule has 0 spiro atoms. The third-order valence-corrected chi connectivity index (χ3v) is 5.17. The van der Waals surface area contributed by atoms with Gasteiger partial charge in [0.1, 0.15) is 0 Å². The van der Waals surface area contributed by atoms with Gasteiger partial charge in [0.25, 0.3) is 0 Å². The highest BCUT2D eigenvalue weighted by molar-refractivity contribution is 6.09. The molecule has 0 amide bonds. The molecule has 0 saturated carbocycles. The third kappa shape index (κ3) is 3.58. The lowest BCUT2D eigenvalue weighted by Gasteiger charge is -2.29. The first-order valence-electron chi connectivity index (χ1n) is 9.47. The third-order valence-electron chi connectivity index (χ3n) is 5.17. The number of carbonyl (C=O) groups is 1. The number of hydrogen-bond acceptors (Lipinski definition) is 4. The van der Waals surface area contributed by atoms with Gasteiger partial charge in [0, 0.05) is 47.0 Å². The topological polar surface area (TPSA) is 46.1 Å². The summed E-state index contributed by atoms with van der Waals surface area (Å²) in [6, 6.07) is 16.2. The second kappa shape index (κ2) is 7.39. The van der Waals surface area contributed by atoms with Gasteiger partial charge >= 0.3 is 0 Å². The summed E-state index contributed by atoms with van der Waals surface area (Å²) in [5, 5.41) is 0. The number of allylic oxidation sites excluding steroid dienone is 1. The van der Waals surface area contributed by atoms with Crippen LogP contribution in [0.3, 0.4) is 0 Å². The summed E-state index contributed by atoms with van der Waals surface area (Å²) in [4.78, 5) is 24.3. The van der Waals surface area contributed by atoms with Crippen LogP contribution in [0.15, 0.2) is 66.5 Å². The number of Topliss-reactive ketones (excluding diaryl/α,β-unsaturated/α-hetero) is 1. The summed E-state index contributed by atoms with van der Waals surface area (Å²) >= 11 is 0. The van der Waals surface area contributed by atoms with E-state index in [2.05, 4.69) is 27.0 Å². The van der Waals surface area contributed by atoms with Gasteiger partial charge < -0.3 is 4.90 Å². The van der Waals surface area contributed by atoms with Crippen LogP contribution in [0.1, 0.15) is 38.6 Å². The predicted octanol–water partition coefficient (Wildman–Crippen LogP) is 4.73. The quantitative estimate of drug-likeness (QED) is 0.624. The maximum Gasteiger partial charge on any atom is 0.192 e. The summed E-state index contributed by atoms with van der Waals surface area (Å²) < 4.78 is 0. The van der Waals surface area contributed by atoms with Gasteiger partial charge in [0.05, 0.1) is 12.2 Å². The molecule has 140 valence electrons. The Bertz CT molecular complexity index is 1080. The first kappa shape index (κ1) is 18.1. The molecule has 1 aromatic carbocycles. The molecule has 28 heavy (non-hydrogen) atoms. The van der Waals surface area contributed by atoms with Gasteiger partial charge in [-0.1, -0.05) is 24.3 Å². The molecule has 0 saturated heterocycles. The van der Waals surface area contributed by atoms with Crippen LogP contribution in [0.5, 0.6) is 0 Å². The van der Waals surface area contributed by atoms with E-state index in [1.807, 2.05) is 63.4 Å². The molecule has 1 aliphatic rings. The largest absolute Gasteiger partial charge is 0.341 e. The van der Waals surface area contributed by atoms with Crippen LogP contribution in [0.2, 0.25) is 0 Å². The van der Waals surface area contributed by atoms with Crippen molar-refractivity contribution < 1.29 is 4.79 Å². The standard InChI is InChI=1S/C24H23N3O/c1-16-11-20(13-25-18(16)3)24(28)21-12-19-8-4-5-10-23(19)27(14-21)15-22-9-6-7-17(2)26-22/h4-11,13-14H,12,15H2,1-3H3. The van der Waals surface area contributed by atoms with Crippen LogP contribution < -0.4 is 4.90 Å². The molecule has 1 aliphatic heterocycles. The maximum atomic E-state index is 13.2. The number of nitrogens with zero attached hydrogens (tertiary/aromatic N) is 3. The van der Waals surface area contributed by atoms with Crippen molar-refractivity contribution in [3.05, 3.63) is 100 Å². The average Bonchev–Trinajstić information content (AvgIpc) is 2.69. The van der Waals surface area contributed by atoms with Gasteiger partial charge in [-0.25, -0.2) is 0 Å². The summed E-state index contributed by atoms with van der Waals surface area (Å²) in [6.07, 6.45) is 4.28. The molecule has 3 aromatic rings. The number of aryl methyl sites for hydroxylation is 3. The van der Waals surface area contributed by atoms with Crippen molar-refractivity contribution in [2.75, 3.05) is 4.90 Å². The molecule has 4 rings (SSSR count). The number of fused-ring (bicyclic) bond motifs is 1. The van der Waals surface area contributed by atoms with Crippen LogP contribution in [0, 0.1) is 20.8 Å². The molecule has 4 heteroatoms. The van der Waals surface area contributed by atoms with Crippen LogP contribution in [-0.4, -0.2) is 15.8 Å². The highest BCUT2D eigenvalue weighted by Gasteiger charge is 2.23.